The lowest BCUT2D eigenvalue weighted by molar-refractivity contribution is -0.142. The Morgan fingerprint density at radius 1 is 1.17 bits per heavy atom. The Kier molecular flexibility index (Phi) is 8.46. The minimum atomic E-state index is -0.877. The first-order valence-electron chi connectivity index (χ1n) is 7.83. The van der Waals surface area contributed by atoms with Gasteiger partial charge in [-0.05, 0) is 43.0 Å². The summed E-state index contributed by atoms with van der Waals surface area (Å²) in [4.78, 5) is 34.7. The summed E-state index contributed by atoms with van der Waals surface area (Å²) in [6.07, 6.45) is 0.977. The molecule has 0 spiro atoms. The van der Waals surface area contributed by atoms with Gasteiger partial charge in [0.2, 0.25) is 0 Å². The van der Waals surface area contributed by atoms with Crippen LogP contribution in [-0.4, -0.2) is 29.4 Å². The van der Waals surface area contributed by atoms with Crippen LogP contribution in [0.3, 0.4) is 0 Å². The van der Waals surface area contributed by atoms with Crippen LogP contribution in [0, 0.1) is 11.8 Å². The standard InChI is InChI=1S/C17H23BrN2O4/c1-11(2)9-12(16(22)23)3-8-15(21)10-19-17(24)20-14-6-4-13(18)5-7-14/h4-7,11-12H,3,8-10H2,1-2H3,(H,22,23)(H2,19,20,24). The lowest BCUT2D eigenvalue weighted by Gasteiger charge is -2.14. The minimum absolute atomic E-state index is 0.115. The zero-order chi connectivity index (χ0) is 18.1. The van der Waals surface area contributed by atoms with Gasteiger partial charge < -0.3 is 15.7 Å². The number of ketones is 1. The van der Waals surface area contributed by atoms with Gasteiger partial charge in [-0.25, -0.2) is 4.79 Å². The van der Waals surface area contributed by atoms with E-state index in [0.717, 1.165) is 4.47 Å². The van der Waals surface area contributed by atoms with Crippen LogP contribution >= 0.6 is 15.9 Å². The van der Waals surface area contributed by atoms with E-state index >= 15 is 0 Å². The first-order valence-corrected chi connectivity index (χ1v) is 8.62. The summed E-state index contributed by atoms with van der Waals surface area (Å²) in [6.45, 7) is 3.79. The largest absolute Gasteiger partial charge is 0.481 e. The maximum absolute atomic E-state index is 11.8. The number of aliphatic carboxylic acids is 1. The van der Waals surface area contributed by atoms with Crippen molar-refractivity contribution in [2.24, 2.45) is 11.8 Å². The molecule has 3 N–H and O–H groups in total. The number of hydrogen-bond acceptors (Lipinski definition) is 3. The summed E-state index contributed by atoms with van der Waals surface area (Å²) < 4.78 is 0.901. The van der Waals surface area contributed by atoms with Crippen molar-refractivity contribution in [2.45, 2.75) is 33.1 Å². The molecule has 1 aromatic carbocycles. The third-order valence-corrected chi connectivity index (χ3v) is 3.95. The van der Waals surface area contributed by atoms with E-state index in [-0.39, 0.29) is 24.7 Å². The maximum atomic E-state index is 11.8. The van der Waals surface area contributed by atoms with Crippen LogP contribution in [0.5, 0.6) is 0 Å². The van der Waals surface area contributed by atoms with Crippen molar-refractivity contribution >= 4 is 39.4 Å². The summed E-state index contributed by atoms with van der Waals surface area (Å²) >= 11 is 3.30. The fourth-order valence-corrected chi connectivity index (χ4v) is 2.49. The van der Waals surface area contributed by atoms with Gasteiger partial charge in [-0.2, -0.15) is 0 Å². The zero-order valence-corrected chi connectivity index (χ0v) is 15.4. The minimum Gasteiger partial charge on any atom is -0.481 e. The molecule has 0 aliphatic rings. The Bertz CT molecular complexity index is 572. The molecule has 24 heavy (non-hydrogen) atoms. The number of rotatable bonds is 9. The lowest BCUT2D eigenvalue weighted by atomic mass is 9.92. The van der Waals surface area contributed by atoms with E-state index in [0.29, 0.717) is 18.5 Å². The van der Waals surface area contributed by atoms with E-state index in [1.54, 1.807) is 24.3 Å². The number of carbonyl (C=O) groups excluding carboxylic acids is 2. The second kappa shape index (κ2) is 10.1. The Labute approximate surface area is 150 Å². The molecule has 1 atom stereocenters. The molecule has 0 aromatic heterocycles. The Morgan fingerprint density at radius 3 is 2.33 bits per heavy atom. The van der Waals surface area contributed by atoms with Gasteiger partial charge in [0.1, 0.15) is 0 Å². The number of benzene rings is 1. The number of urea groups is 1. The highest BCUT2D eigenvalue weighted by Gasteiger charge is 2.20. The molecule has 0 aliphatic carbocycles. The summed E-state index contributed by atoms with van der Waals surface area (Å²) in [5.74, 6) is -1.32. The van der Waals surface area contributed by atoms with Crippen LogP contribution in [0.2, 0.25) is 0 Å². The fraction of sp³-hybridized carbons (Fsp3) is 0.471. The average Bonchev–Trinajstić information content (AvgIpc) is 2.51. The second-order valence-corrected chi connectivity index (χ2v) is 6.97. The second-order valence-electron chi connectivity index (χ2n) is 6.06. The number of hydrogen-bond donors (Lipinski definition) is 3. The molecule has 1 aromatic rings. The molecule has 1 rings (SSSR count). The van der Waals surface area contributed by atoms with Crippen LogP contribution in [0.1, 0.15) is 33.1 Å². The van der Waals surface area contributed by atoms with Crippen LogP contribution in [0.4, 0.5) is 10.5 Å². The number of nitrogens with one attached hydrogen (secondary N) is 2. The first kappa shape index (κ1) is 20.2. The molecule has 7 heteroatoms. The van der Waals surface area contributed by atoms with Crippen LogP contribution in [0.25, 0.3) is 0 Å². The monoisotopic (exact) mass is 398 g/mol. The third kappa shape index (κ3) is 8.10. The van der Waals surface area contributed by atoms with Crippen LogP contribution in [0.15, 0.2) is 28.7 Å². The molecule has 0 saturated heterocycles. The number of amides is 2. The molecule has 6 nitrogen and oxygen atoms in total. The van der Waals surface area contributed by atoms with Gasteiger partial charge in [0.05, 0.1) is 12.5 Å². The molecule has 0 bridgehead atoms. The van der Waals surface area contributed by atoms with Gasteiger partial charge >= 0.3 is 12.0 Å². The smallest absolute Gasteiger partial charge is 0.319 e. The zero-order valence-electron chi connectivity index (χ0n) is 13.8. The highest BCUT2D eigenvalue weighted by molar-refractivity contribution is 9.10. The normalized spacial score (nSPS) is 11.8. The first-order chi connectivity index (χ1) is 11.3. The van der Waals surface area contributed by atoms with Crippen molar-refractivity contribution in [3.05, 3.63) is 28.7 Å². The number of carboxylic acid groups (broad SMARTS) is 1. The van der Waals surface area contributed by atoms with E-state index in [1.165, 1.54) is 0 Å². The lowest BCUT2D eigenvalue weighted by Crippen LogP contribution is -2.33. The Morgan fingerprint density at radius 2 is 1.79 bits per heavy atom. The summed E-state index contributed by atoms with van der Waals surface area (Å²) in [5.41, 5.74) is 0.617. The molecule has 0 radical (unpaired) electrons. The van der Waals surface area contributed by atoms with Gasteiger partial charge in [0.15, 0.2) is 5.78 Å². The summed E-state index contributed by atoms with van der Waals surface area (Å²) in [7, 11) is 0. The molecule has 132 valence electrons. The van der Waals surface area contributed by atoms with Gasteiger partial charge in [0.25, 0.3) is 0 Å². The van der Waals surface area contributed by atoms with Crippen molar-refractivity contribution in [1.29, 1.82) is 0 Å². The van der Waals surface area contributed by atoms with E-state index in [2.05, 4.69) is 26.6 Å². The van der Waals surface area contributed by atoms with Crippen molar-refractivity contribution in [3.63, 3.8) is 0 Å². The van der Waals surface area contributed by atoms with E-state index in [1.807, 2.05) is 13.8 Å². The van der Waals surface area contributed by atoms with Gasteiger partial charge in [-0.1, -0.05) is 29.8 Å². The molecule has 0 aliphatic heterocycles. The van der Waals surface area contributed by atoms with Gasteiger partial charge in [0, 0.05) is 16.6 Å². The predicted molar refractivity (Wildman–Crippen MR) is 96.0 cm³/mol. The SMILES string of the molecule is CC(C)CC(CCC(=O)CNC(=O)Nc1ccc(Br)cc1)C(=O)O. The molecule has 0 fully saturated rings. The number of Topliss-reactive ketones (excluding diaryl/α,β-unsaturated/α-hetero) is 1. The molecule has 1 unspecified atom stereocenters. The molecule has 0 saturated carbocycles. The summed E-state index contributed by atoms with van der Waals surface area (Å²) in [5, 5.41) is 14.2. The Balaban J connectivity index is 2.33. The fourth-order valence-electron chi connectivity index (χ4n) is 2.22. The third-order valence-electron chi connectivity index (χ3n) is 3.43. The Hall–Kier alpha value is -1.89. The average molecular weight is 399 g/mol. The topological polar surface area (TPSA) is 95.5 Å². The molecular formula is C17H23BrN2O4. The van der Waals surface area contributed by atoms with E-state index in [9.17, 15) is 14.4 Å². The molecular weight excluding hydrogens is 376 g/mol. The van der Waals surface area contributed by atoms with Gasteiger partial charge in [-0.3, -0.25) is 9.59 Å². The van der Waals surface area contributed by atoms with Crippen molar-refractivity contribution in [2.75, 3.05) is 11.9 Å². The number of halogens is 1. The quantitative estimate of drug-likeness (QED) is 0.591. The van der Waals surface area contributed by atoms with Gasteiger partial charge in [-0.15, -0.1) is 0 Å². The maximum Gasteiger partial charge on any atom is 0.319 e. The predicted octanol–water partition coefficient (Wildman–Crippen LogP) is 3.67. The van der Waals surface area contributed by atoms with E-state index in [4.69, 9.17) is 5.11 Å². The van der Waals surface area contributed by atoms with Crippen molar-refractivity contribution in [1.82, 2.24) is 5.32 Å². The summed E-state index contributed by atoms with van der Waals surface area (Å²) in [6, 6.07) is 6.58. The number of carboxylic acids is 1. The van der Waals surface area contributed by atoms with Crippen molar-refractivity contribution < 1.29 is 19.5 Å². The van der Waals surface area contributed by atoms with E-state index < -0.39 is 17.9 Å². The molecule has 0 heterocycles. The highest BCUT2D eigenvalue weighted by Crippen LogP contribution is 2.17. The number of anilines is 1. The highest BCUT2D eigenvalue weighted by atomic mass is 79.9. The van der Waals surface area contributed by atoms with Crippen LogP contribution in [-0.2, 0) is 9.59 Å². The van der Waals surface area contributed by atoms with Crippen molar-refractivity contribution in [3.8, 4) is 0 Å². The number of carbonyl (C=O) groups is 3. The van der Waals surface area contributed by atoms with Crippen LogP contribution < -0.4 is 10.6 Å². The molecule has 2 amide bonds.